The van der Waals surface area contributed by atoms with Crippen molar-refractivity contribution in [3.05, 3.63) is 28.9 Å². The van der Waals surface area contributed by atoms with Gasteiger partial charge in [0.1, 0.15) is 16.0 Å². The molecular formula is C10H8Cl2N4. The van der Waals surface area contributed by atoms with E-state index in [2.05, 4.69) is 19.5 Å². The molecule has 1 fully saturated rings. The molecule has 0 aromatic carbocycles. The molecule has 1 aliphatic rings. The molecule has 1 saturated carbocycles. The van der Waals surface area contributed by atoms with Crippen LogP contribution in [0, 0.1) is 0 Å². The predicted octanol–water partition coefficient (Wildman–Crippen LogP) is 2.98. The summed E-state index contributed by atoms with van der Waals surface area (Å²) in [7, 11) is 0. The fourth-order valence-corrected chi connectivity index (χ4v) is 2.05. The largest absolute Gasteiger partial charge is 0.325 e. The van der Waals surface area contributed by atoms with Crippen LogP contribution in [0.25, 0.3) is 11.5 Å². The average Bonchev–Trinajstić information content (AvgIpc) is 2.94. The van der Waals surface area contributed by atoms with Crippen LogP contribution in [0.4, 0.5) is 0 Å². The smallest absolute Gasteiger partial charge is 0.180 e. The van der Waals surface area contributed by atoms with Gasteiger partial charge in [-0.15, -0.1) is 0 Å². The van der Waals surface area contributed by atoms with Crippen LogP contribution >= 0.6 is 23.2 Å². The van der Waals surface area contributed by atoms with E-state index in [-0.39, 0.29) is 0 Å². The van der Waals surface area contributed by atoms with Gasteiger partial charge in [-0.3, -0.25) is 0 Å². The van der Waals surface area contributed by atoms with Gasteiger partial charge in [-0.05, 0) is 12.8 Å². The van der Waals surface area contributed by atoms with E-state index in [4.69, 9.17) is 23.2 Å². The molecule has 2 aromatic rings. The number of hydrogen-bond donors (Lipinski definition) is 0. The Balaban J connectivity index is 2.10. The van der Waals surface area contributed by atoms with E-state index in [0.717, 1.165) is 5.69 Å². The number of hydrogen-bond acceptors (Lipinski definition) is 3. The van der Waals surface area contributed by atoms with Crippen LogP contribution < -0.4 is 0 Å². The number of rotatable bonds is 2. The number of nitrogens with zero attached hydrogens (tertiary/aromatic N) is 4. The fourth-order valence-electron chi connectivity index (χ4n) is 1.63. The van der Waals surface area contributed by atoms with Crippen molar-refractivity contribution in [3.8, 4) is 11.5 Å². The van der Waals surface area contributed by atoms with Crippen molar-refractivity contribution in [2.24, 2.45) is 0 Å². The van der Waals surface area contributed by atoms with Gasteiger partial charge in [0.25, 0.3) is 0 Å². The third kappa shape index (κ3) is 1.79. The van der Waals surface area contributed by atoms with Crippen molar-refractivity contribution >= 4 is 23.2 Å². The van der Waals surface area contributed by atoms with Crippen molar-refractivity contribution < 1.29 is 0 Å². The van der Waals surface area contributed by atoms with Crippen LogP contribution in [0.3, 0.4) is 0 Å². The van der Waals surface area contributed by atoms with Crippen LogP contribution in [0.1, 0.15) is 18.9 Å². The first-order valence-corrected chi connectivity index (χ1v) is 5.72. The molecule has 2 heterocycles. The van der Waals surface area contributed by atoms with Crippen molar-refractivity contribution in [1.29, 1.82) is 0 Å². The summed E-state index contributed by atoms with van der Waals surface area (Å²) in [6.45, 7) is 0. The summed E-state index contributed by atoms with van der Waals surface area (Å²) >= 11 is 11.7. The van der Waals surface area contributed by atoms with Crippen molar-refractivity contribution in [3.63, 3.8) is 0 Å². The highest BCUT2D eigenvalue weighted by atomic mass is 35.5. The SMILES string of the molecule is Clc1cc(Cl)nc(-c2cncn2C2CC2)n1. The Morgan fingerprint density at radius 1 is 1.19 bits per heavy atom. The standard InChI is InChI=1S/C10H8Cl2N4/c11-8-3-9(12)15-10(14-8)7-4-13-5-16(7)6-1-2-6/h3-6H,1-2H2. The highest BCUT2D eigenvalue weighted by molar-refractivity contribution is 6.33. The second kappa shape index (κ2) is 3.71. The van der Waals surface area contributed by atoms with Gasteiger partial charge >= 0.3 is 0 Å². The minimum Gasteiger partial charge on any atom is -0.325 e. The molecule has 0 atom stereocenters. The normalized spacial score (nSPS) is 15.4. The minimum atomic E-state index is 0.346. The van der Waals surface area contributed by atoms with Gasteiger partial charge in [0.2, 0.25) is 0 Å². The summed E-state index contributed by atoms with van der Waals surface area (Å²) in [6.07, 6.45) is 5.89. The monoisotopic (exact) mass is 254 g/mol. The summed E-state index contributed by atoms with van der Waals surface area (Å²) in [6, 6.07) is 2.05. The molecule has 1 aliphatic carbocycles. The van der Waals surface area contributed by atoms with Gasteiger partial charge in [0, 0.05) is 12.1 Å². The molecule has 6 heteroatoms. The van der Waals surface area contributed by atoms with E-state index < -0.39 is 0 Å². The first kappa shape index (κ1) is 10.1. The van der Waals surface area contributed by atoms with Gasteiger partial charge in [-0.1, -0.05) is 23.2 Å². The van der Waals surface area contributed by atoms with Crippen LogP contribution in [-0.2, 0) is 0 Å². The Morgan fingerprint density at radius 3 is 2.50 bits per heavy atom. The Bertz CT molecular complexity index is 513. The zero-order valence-electron chi connectivity index (χ0n) is 8.27. The van der Waals surface area contributed by atoms with Crippen molar-refractivity contribution in [2.45, 2.75) is 18.9 Å². The summed E-state index contributed by atoms with van der Waals surface area (Å²) in [5.74, 6) is 0.530. The summed E-state index contributed by atoms with van der Waals surface area (Å²) < 4.78 is 2.07. The maximum Gasteiger partial charge on any atom is 0.180 e. The highest BCUT2D eigenvalue weighted by Gasteiger charge is 2.26. The van der Waals surface area contributed by atoms with Gasteiger partial charge in [-0.25, -0.2) is 15.0 Å². The van der Waals surface area contributed by atoms with E-state index in [0.29, 0.717) is 22.2 Å². The molecule has 82 valence electrons. The summed E-state index contributed by atoms with van der Waals surface area (Å²) in [5.41, 5.74) is 0.868. The van der Waals surface area contributed by atoms with E-state index in [1.807, 2.05) is 0 Å². The molecule has 0 N–H and O–H groups in total. The lowest BCUT2D eigenvalue weighted by Gasteiger charge is -2.05. The zero-order chi connectivity index (χ0) is 11.1. The lowest BCUT2D eigenvalue weighted by atomic mass is 10.4. The van der Waals surface area contributed by atoms with Gasteiger partial charge < -0.3 is 4.57 Å². The van der Waals surface area contributed by atoms with Crippen LogP contribution in [0.2, 0.25) is 10.3 Å². The van der Waals surface area contributed by atoms with Crippen molar-refractivity contribution in [2.75, 3.05) is 0 Å². The molecule has 4 nitrogen and oxygen atoms in total. The first-order valence-electron chi connectivity index (χ1n) is 4.96. The number of imidazole rings is 1. The minimum absolute atomic E-state index is 0.346. The van der Waals surface area contributed by atoms with E-state index in [9.17, 15) is 0 Å². The molecule has 0 spiro atoms. The molecule has 0 unspecified atom stereocenters. The van der Waals surface area contributed by atoms with Crippen molar-refractivity contribution in [1.82, 2.24) is 19.5 Å². The predicted molar refractivity (Wildman–Crippen MR) is 61.5 cm³/mol. The average molecular weight is 255 g/mol. The summed E-state index contributed by atoms with van der Waals surface area (Å²) in [5, 5.41) is 0.692. The molecular weight excluding hydrogens is 247 g/mol. The Labute approximate surface area is 102 Å². The fraction of sp³-hybridized carbons (Fsp3) is 0.300. The first-order chi connectivity index (χ1) is 7.74. The Morgan fingerprint density at radius 2 is 1.88 bits per heavy atom. The number of halogens is 2. The van der Waals surface area contributed by atoms with Gasteiger partial charge in [-0.2, -0.15) is 0 Å². The molecule has 0 amide bonds. The maximum absolute atomic E-state index is 5.85. The lowest BCUT2D eigenvalue weighted by molar-refractivity contribution is 0.743. The second-order valence-corrected chi connectivity index (χ2v) is 4.53. The van der Waals surface area contributed by atoms with E-state index >= 15 is 0 Å². The molecule has 0 radical (unpaired) electrons. The quantitative estimate of drug-likeness (QED) is 0.775. The molecule has 2 aromatic heterocycles. The van der Waals surface area contributed by atoms with Crippen LogP contribution in [0.5, 0.6) is 0 Å². The van der Waals surface area contributed by atoms with Crippen LogP contribution in [0.15, 0.2) is 18.6 Å². The second-order valence-electron chi connectivity index (χ2n) is 3.75. The lowest BCUT2D eigenvalue weighted by Crippen LogP contribution is -1.98. The van der Waals surface area contributed by atoms with E-state index in [1.165, 1.54) is 18.9 Å². The highest BCUT2D eigenvalue weighted by Crippen LogP contribution is 2.37. The molecule has 0 saturated heterocycles. The van der Waals surface area contributed by atoms with Gasteiger partial charge in [0.15, 0.2) is 5.82 Å². The number of aromatic nitrogens is 4. The zero-order valence-corrected chi connectivity index (χ0v) is 9.78. The Kier molecular flexibility index (Phi) is 2.33. The third-order valence-corrected chi connectivity index (χ3v) is 2.89. The molecule has 0 aliphatic heterocycles. The van der Waals surface area contributed by atoms with E-state index in [1.54, 1.807) is 12.5 Å². The Hall–Kier alpha value is -1.13. The topological polar surface area (TPSA) is 43.6 Å². The molecule has 0 bridgehead atoms. The van der Waals surface area contributed by atoms with Gasteiger partial charge in [0.05, 0.1) is 12.5 Å². The van der Waals surface area contributed by atoms with Crippen LogP contribution in [-0.4, -0.2) is 19.5 Å². The third-order valence-electron chi connectivity index (χ3n) is 2.50. The molecule has 16 heavy (non-hydrogen) atoms. The maximum atomic E-state index is 5.85. The molecule has 3 rings (SSSR count). The summed E-state index contributed by atoms with van der Waals surface area (Å²) in [4.78, 5) is 12.4.